The summed E-state index contributed by atoms with van der Waals surface area (Å²) in [5.41, 5.74) is -1.25. The molecule has 1 saturated heterocycles. The van der Waals surface area contributed by atoms with Gasteiger partial charge in [0.2, 0.25) is 0 Å². The molecule has 0 aromatic rings. The topological polar surface area (TPSA) is 78.9 Å². The van der Waals surface area contributed by atoms with Crippen LogP contribution in [0.5, 0.6) is 0 Å². The molecule has 0 N–H and O–H groups in total. The molecule has 6 heteroatoms. The van der Waals surface area contributed by atoms with Crippen LogP contribution in [0.1, 0.15) is 114 Å². The molecule has 222 valence electrons. The van der Waals surface area contributed by atoms with E-state index in [9.17, 15) is 14.4 Å². The molecule has 1 heterocycles. The molecule has 3 unspecified atom stereocenters. The van der Waals surface area contributed by atoms with Crippen LogP contribution in [0.25, 0.3) is 0 Å². The van der Waals surface area contributed by atoms with E-state index < -0.39 is 11.2 Å². The fourth-order valence-corrected chi connectivity index (χ4v) is 12.0. The van der Waals surface area contributed by atoms with Gasteiger partial charge in [-0.2, -0.15) is 0 Å². The number of hydrogen-bond acceptors (Lipinski definition) is 6. The number of carbonyl (C=O) groups is 3. The predicted octanol–water partition coefficient (Wildman–Crippen LogP) is 6.59. The van der Waals surface area contributed by atoms with Gasteiger partial charge in [0.15, 0.2) is 5.78 Å². The highest BCUT2D eigenvalue weighted by atomic mass is 16.6. The highest BCUT2D eigenvalue weighted by molar-refractivity contribution is 5.96. The zero-order chi connectivity index (χ0) is 29.3. The van der Waals surface area contributed by atoms with Crippen molar-refractivity contribution in [3.8, 4) is 0 Å². The Morgan fingerprint density at radius 3 is 2.25 bits per heavy atom. The smallest absolute Gasteiger partial charge is 0.303 e. The summed E-state index contributed by atoms with van der Waals surface area (Å²) >= 11 is 0. The lowest BCUT2D eigenvalue weighted by Crippen LogP contribution is -2.58. The molecule has 0 aromatic carbocycles. The molecule has 1 aliphatic heterocycles. The van der Waals surface area contributed by atoms with Gasteiger partial charge in [-0.05, 0) is 112 Å². The van der Waals surface area contributed by atoms with Crippen molar-refractivity contribution in [2.45, 2.75) is 137 Å². The van der Waals surface area contributed by atoms with Crippen molar-refractivity contribution in [1.82, 2.24) is 0 Å². The van der Waals surface area contributed by atoms with Gasteiger partial charge >= 0.3 is 11.9 Å². The maximum absolute atomic E-state index is 12.9. The molecule has 0 aromatic heterocycles. The molecule has 4 saturated carbocycles. The Morgan fingerprint density at radius 1 is 0.925 bits per heavy atom. The Bertz CT molecular complexity index is 1180. The number of rotatable bonds is 4. The first-order valence-corrected chi connectivity index (χ1v) is 15.7. The molecule has 0 amide bonds. The second-order valence-electron chi connectivity index (χ2n) is 16.3. The van der Waals surface area contributed by atoms with Crippen molar-refractivity contribution in [2.24, 2.45) is 44.8 Å². The minimum atomic E-state index is -0.726. The number of fused-ring (bicyclic) bond motifs is 2. The molecule has 5 aliphatic carbocycles. The highest BCUT2D eigenvalue weighted by Crippen LogP contribution is 2.88. The van der Waals surface area contributed by atoms with Gasteiger partial charge in [-0.15, -0.1) is 0 Å². The Kier molecular flexibility index (Phi) is 5.85. The van der Waals surface area contributed by atoms with Crippen molar-refractivity contribution < 1.29 is 28.6 Å². The predicted molar refractivity (Wildman–Crippen MR) is 151 cm³/mol. The fraction of sp³-hybridized carbons (Fsp3) is 0.853. The van der Waals surface area contributed by atoms with E-state index in [0.29, 0.717) is 11.8 Å². The van der Waals surface area contributed by atoms with E-state index in [0.717, 1.165) is 44.9 Å². The number of ketones is 1. The molecular weight excluding hydrogens is 504 g/mol. The molecule has 5 fully saturated rings. The van der Waals surface area contributed by atoms with Gasteiger partial charge in [0.25, 0.3) is 0 Å². The summed E-state index contributed by atoms with van der Waals surface area (Å²) < 4.78 is 18.9. The quantitative estimate of drug-likeness (QED) is 0.365. The lowest BCUT2D eigenvalue weighted by atomic mass is 9.42. The third kappa shape index (κ3) is 3.40. The van der Waals surface area contributed by atoms with Crippen LogP contribution in [0.15, 0.2) is 12.2 Å². The van der Waals surface area contributed by atoms with Crippen molar-refractivity contribution in [3.05, 3.63) is 12.2 Å². The second kappa shape index (κ2) is 8.23. The van der Waals surface area contributed by atoms with Crippen molar-refractivity contribution in [2.75, 3.05) is 0 Å². The molecule has 6 rings (SSSR count). The van der Waals surface area contributed by atoms with Crippen LogP contribution in [-0.4, -0.2) is 41.1 Å². The standard InChI is InChI=1S/C34H50O6/c1-20(35)38-22-18-31(8)24-11-10-23-28(3,4)25(37)12-15-33(23)19-34(24,33)17-16-30(31,7)27(22)32(9)14-13-26(40-32)29(5,6)39-21(2)36/h12,15,22-24,26-27H,10-11,13-14,16-19H2,1-9H3/t22-,23?,24?,26+,27?,30+,31-,32-,33+,34-/m0/s1. The molecular formula is C34H50O6. The summed E-state index contributed by atoms with van der Waals surface area (Å²) in [4.78, 5) is 37.3. The van der Waals surface area contributed by atoms with Gasteiger partial charge in [-0.3, -0.25) is 14.4 Å². The second-order valence-corrected chi connectivity index (χ2v) is 16.3. The summed E-state index contributed by atoms with van der Waals surface area (Å²) in [5, 5.41) is 0. The molecule has 0 radical (unpaired) electrons. The number of carbonyl (C=O) groups excluding carboxylic acids is 3. The third-order valence-corrected chi connectivity index (χ3v) is 13.8. The minimum Gasteiger partial charge on any atom is -0.462 e. The number of allylic oxidation sites excluding steroid dienone is 2. The van der Waals surface area contributed by atoms with Crippen LogP contribution in [0.4, 0.5) is 0 Å². The Balaban J connectivity index is 1.37. The van der Waals surface area contributed by atoms with Gasteiger partial charge in [0.1, 0.15) is 11.7 Å². The van der Waals surface area contributed by atoms with Crippen molar-refractivity contribution >= 4 is 17.7 Å². The normalized spacial score (nSPS) is 50.3. The minimum absolute atomic E-state index is 0.0141. The van der Waals surface area contributed by atoms with E-state index in [2.05, 4.69) is 40.7 Å². The highest BCUT2D eigenvalue weighted by Gasteiger charge is 2.83. The summed E-state index contributed by atoms with van der Waals surface area (Å²) in [5.74, 6) is 0.735. The first-order valence-electron chi connectivity index (χ1n) is 15.7. The Hall–Kier alpha value is -1.69. The summed E-state index contributed by atoms with van der Waals surface area (Å²) in [7, 11) is 0. The zero-order valence-electron chi connectivity index (χ0n) is 26.1. The van der Waals surface area contributed by atoms with Gasteiger partial charge in [0.05, 0.1) is 11.7 Å². The maximum atomic E-state index is 12.9. The first kappa shape index (κ1) is 28.4. The summed E-state index contributed by atoms with van der Waals surface area (Å²) in [6.45, 7) is 18.4. The lowest BCUT2D eigenvalue weighted by molar-refractivity contribution is -0.203. The van der Waals surface area contributed by atoms with E-state index in [4.69, 9.17) is 14.2 Å². The van der Waals surface area contributed by atoms with Crippen molar-refractivity contribution in [1.29, 1.82) is 0 Å². The van der Waals surface area contributed by atoms with Crippen LogP contribution in [0.2, 0.25) is 0 Å². The van der Waals surface area contributed by atoms with Gasteiger partial charge in [0, 0.05) is 25.2 Å². The molecule has 2 spiro atoms. The number of ether oxygens (including phenoxy) is 3. The Labute approximate surface area is 240 Å². The van der Waals surface area contributed by atoms with E-state index in [1.165, 1.54) is 20.3 Å². The SMILES string of the molecule is CC(=O)O[C@H]1C[C@@]2(C)C3CCC4C(C)(C)C(=O)C=C[C@@]45C[C@@]35CC[C@]2(C)C1[C@]1(C)CC[C@H](C(C)(C)OC(C)=O)O1. The van der Waals surface area contributed by atoms with E-state index in [-0.39, 0.29) is 62.9 Å². The first-order chi connectivity index (χ1) is 18.4. The summed E-state index contributed by atoms with van der Waals surface area (Å²) in [6.07, 6.45) is 11.9. The monoisotopic (exact) mass is 554 g/mol. The average Bonchev–Trinajstić information content (AvgIpc) is 3.20. The van der Waals surface area contributed by atoms with Crippen LogP contribution in [0, 0.1) is 44.8 Å². The summed E-state index contributed by atoms with van der Waals surface area (Å²) in [6, 6.07) is 0. The fourth-order valence-electron chi connectivity index (χ4n) is 12.0. The van der Waals surface area contributed by atoms with Crippen LogP contribution in [0.3, 0.4) is 0 Å². The molecule has 40 heavy (non-hydrogen) atoms. The van der Waals surface area contributed by atoms with Crippen LogP contribution in [-0.2, 0) is 28.6 Å². The van der Waals surface area contributed by atoms with Gasteiger partial charge in [-0.25, -0.2) is 0 Å². The van der Waals surface area contributed by atoms with E-state index >= 15 is 0 Å². The molecule has 6 nitrogen and oxygen atoms in total. The Morgan fingerprint density at radius 2 is 1.60 bits per heavy atom. The number of hydrogen-bond donors (Lipinski definition) is 0. The lowest BCUT2D eigenvalue weighted by Gasteiger charge is -2.62. The van der Waals surface area contributed by atoms with E-state index in [1.54, 1.807) is 0 Å². The van der Waals surface area contributed by atoms with Crippen molar-refractivity contribution in [3.63, 3.8) is 0 Å². The largest absolute Gasteiger partial charge is 0.462 e. The van der Waals surface area contributed by atoms with Crippen LogP contribution >= 0.6 is 0 Å². The maximum Gasteiger partial charge on any atom is 0.303 e. The van der Waals surface area contributed by atoms with Gasteiger partial charge < -0.3 is 14.2 Å². The molecule has 10 atom stereocenters. The third-order valence-electron chi connectivity index (χ3n) is 13.8. The average molecular weight is 555 g/mol. The van der Waals surface area contributed by atoms with Gasteiger partial charge in [-0.1, -0.05) is 33.8 Å². The van der Waals surface area contributed by atoms with Crippen LogP contribution < -0.4 is 0 Å². The number of esters is 2. The van der Waals surface area contributed by atoms with E-state index in [1.807, 2.05) is 19.9 Å². The zero-order valence-corrected chi connectivity index (χ0v) is 26.1. The molecule has 0 bridgehead atoms. The molecule has 6 aliphatic rings.